The summed E-state index contributed by atoms with van der Waals surface area (Å²) in [5.41, 5.74) is 13.8. The van der Waals surface area contributed by atoms with Crippen LogP contribution in [0.2, 0.25) is 0 Å². The lowest BCUT2D eigenvalue weighted by Gasteiger charge is -2.15. The molecule has 1 aromatic carbocycles. The third-order valence-corrected chi connectivity index (χ3v) is 3.44. The van der Waals surface area contributed by atoms with E-state index in [2.05, 4.69) is 20.9 Å². The molecule has 2 aromatic rings. The maximum atomic E-state index is 13.7. The zero-order valence-corrected chi connectivity index (χ0v) is 11.2. The monoisotopic (exact) mass is 309 g/mol. The minimum atomic E-state index is -0.466. The van der Waals surface area contributed by atoms with Gasteiger partial charge in [0.2, 0.25) is 0 Å². The van der Waals surface area contributed by atoms with Crippen LogP contribution < -0.4 is 11.5 Å². The van der Waals surface area contributed by atoms with Crippen LogP contribution in [0.3, 0.4) is 0 Å². The number of hydrogen-bond acceptors (Lipinski definition) is 3. The number of pyridine rings is 1. The van der Waals surface area contributed by atoms with E-state index in [4.69, 9.17) is 11.5 Å². The van der Waals surface area contributed by atoms with Crippen molar-refractivity contribution in [3.8, 4) is 0 Å². The first kappa shape index (κ1) is 13.0. The predicted molar refractivity (Wildman–Crippen MR) is 73.4 cm³/mol. The topological polar surface area (TPSA) is 64.9 Å². The van der Waals surface area contributed by atoms with Gasteiger partial charge in [-0.1, -0.05) is 22.0 Å². The Morgan fingerprint density at radius 3 is 2.78 bits per heavy atom. The van der Waals surface area contributed by atoms with Gasteiger partial charge in [-0.2, -0.15) is 0 Å². The molecule has 0 amide bonds. The Morgan fingerprint density at radius 1 is 1.33 bits per heavy atom. The van der Waals surface area contributed by atoms with Crippen molar-refractivity contribution in [2.24, 2.45) is 5.73 Å². The van der Waals surface area contributed by atoms with E-state index >= 15 is 0 Å². The molecule has 0 bridgehead atoms. The third kappa shape index (κ3) is 2.68. The van der Waals surface area contributed by atoms with Crippen LogP contribution in [0, 0.1) is 5.82 Å². The summed E-state index contributed by atoms with van der Waals surface area (Å²) in [6, 6.07) is 6.04. The highest BCUT2D eigenvalue weighted by Gasteiger charge is 2.16. The number of benzene rings is 1. The largest absolute Gasteiger partial charge is 0.398 e. The first-order valence-electron chi connectivity index (χ1n) is 5.47. The summed E-state index contributed by atoms with van der Waals surface area (Å²) in [7, 11) is 0. The van der Waals surface area contributed by atoms with E-state index in [1.165, 1.54) is 6.07 Å². The van der Waals surface area contributed by atoms with Crippen LogP contribution >= 0.6 is 15.9 Å². The van der Waals surface area contributed by atoms with Gasteiger partial charge in [0.1, 0.15) is 5.82 Å². The van der Waals surface area contributed by atoms with E-state index in [0.717, 1.165) is 5.56 Å². The van der Waals surface area contributed by atoms with Crippen LogP contribution in [0.15, 0.2) is 41.1 Å². The fourth-order valence-electron chi connectivity index (χ4n) is 1.81. The van der Waals surface area contributed by atoms with Crippen molar-refractivity contribution in [1.82, 2.24) is 4.98 Å². The van der Waals surface area contributed by atoms with E-state index < -0.39 is 6.04 Å². The van der Waals surface area contributed by atoms with Crippen molar-refractivity contribution in [2.45, 2.75) is 12.5 Å². The molecule has 3 nitrogen and oxygen atoms in total. The Balaban J connectivity index is 2.28. The van der Waals surface area contributed by atoms with Gasteiger partial charge in [-0.25, -0.2) is 4.39 Å². The van der Waals surface area contributed by atoms with E-state index in [1.807, 2.05) is 0 Å². The van der Waals surface area contributed by atoms with Crippen LogP contribution in [0.1, 0.15) is 17.2 Å². The number of nitrogen functional groups attached to an aromatic ring is 1. The summed E-state index contributed by atoms with van der Waals surface area (Å²) in [5, 5.41) is 0. The second-order valence-electron chi connectivity index (χ2n) is 4.02. The van der Waals surface area contributed by atoms with Crippen LogP contribution in [0.25, 0.3) is 0 Å². The van der Waals surface area contributed by atoms with Gasteiger partial charge in [0, 0.05) is 34.2 Å². The number of nitrogens with two attached hydrogens (primary N) is 2. The standard InChI is InChI=1S/C13H13BrFN3/c14-9-2-1-3-10(15)13(9)12(17)6-8-7-18-5-4-11(8)16/h1-5,7,12H,6,17H2,(H2,16,18). The van der Waals surface area contributed by atoms with Crippen molar-refractivity contribution in [3.05, 3.63) is 58.1 Å². The van der Waals surface area contributed by atoms with Crippen LogP contribution in [-0.4, -0.2) is 4.98 Å². The summed E-state index contributed by atoms with van der Waals surface area (Å²) >= 11 is 3.31. The first-order valence-corrected chi connectivity index (χ1v) is 6.26. The zero-order valence-electron chi connectivity index (χ0n) is 9.61. The fourth-order valence-corrected chi connectivity index (χ4v) is 2.45. The molecule has 0 aliphatic carbocycles. The number of nitrogens with zero attached hydrogens (tertiary/aromatic N) is 1. The second kappa shape index (κ2) is 5.46. The normalized spacial score (nSPS) is 12.4. The number of halogens is 2. The molecule has 0 fully saturated rings. The van der Waals surface area contributed by atoms with Crippen molar-refractivity contribution in [3.63, 3.8) is 0 Å². The van der Waals surface area contributed by atoms with Gasteiger partial charge in [0.25, 0.3) is 0 Å². The Labute approximate surface area is 113 Å². The van der Waals surface area contributed by atoms with Crippen molar-refractivity contribution >= 4 is 21.6 Å². The van der Waals surface area contributed by atoms with Crippen LogP contribution in [0.5, 0.6) is 0 Å². The fraction of sp³-hybridized carbons (Fsp3) is 0.154. The molecule has 0 saturated heterocycles. The van der Waals surface area contributed by atoms with Gasteiger partial charge >= 0.3 is 0 Å². The van der Waals surface area contributed by atoms with Gasteiger partial charge in [0.05, 0.1) is 0 Å². The Kier molecular flexibility index (Phi) is 3.93. The minimum absolute atomic E-state index is 0.320. The maximum absolute atomic E-state index is 13.7. The predicted octanol–water partition coefficient (Wildman–Crippen LogP) is 2.81. The molecule has 0 saturated carbocycles. The lowest BCUT2D eigenvalue weighted by atomic mass is 9.99. The highest BCUT2D eigenvalue weighted by atomic mass is 79.9. The Morgan fingerprint density at radius 2 is 2.11 bits per heavy atom. The number of anilines is 1. The van der Waals surface area contributed by atoms with E-state index in [0.29, 0.717) is 22.1 Å². The van der Waals surface area contributed by atoms with Gasteiger partial charge in [-0.3, -0.25) is 4.98 Å². The van der Waals surface area contributed by atoms with Crippen LogP contribution in [-0.2, 0) is 6.42 Å². The summed E-state index contributed by atoms with van der Waals surface area (Å²) in [6.07, 6.45) is 3.71. The number of aromatic nitrogens is 1. The molecule has 1 unspecified atom stereocenters. The molecule has 5 heteroatoms. The van der Waals surface area contributed by atoms with E-state index in [-0.39, 0.29) is 5.82 Å². The molecule has 0 spiro atoms. The lowest BCUT2D eigenvalue weighted by molar-refractivity contribution is 0.578. The van der Waals surface area contributed by atoms with Crippen molar-refractivity contribution in [2.75, 3.05) is 5.73 Å². The second-order valence-corrected chi connectivity index (χ2v) is 4.87. The molecule has 0 aliphatic rings. The lowest BCUT2D eigenvalue weighted by Crippen LogP contribution is -2.16. The average molecular weight is 310 g/mol. The van der Waals surface area contributed by atoms with E-state index in [9.17, 15) is 4.39 Å². The minimum Gasteiger partial charge on any atom is -0.398 e. The molecular weight excluding hydrogens is 297 g/mol. The highest BCUT2D eigenvalue weighted by molar-refractivity contribution is 9.10. The van der Waals surface area contributed by atoms with Gasteiger partial charge in [-0.05, 0) is 30.2 Å². The van der Waals surface area contributed by atoms with Crippen LogP contribution in [0.4, 0.5) is 10.1 Å². The first-order chi connectivity index (χ1) is 8.59. The smallest absolute Gasteiger partial charge is 0.129 e. The molecule has 1 heterocycles. The SMILES string of the molecule is Nc1ccncc1CC(N)c1c(F)cccc1Br. The van der Waals surface area contributed by atoms with Crippen molar-refractivity contribution in [1.29, 1.82) is 0 Å². The quantitative estimate of drug-likeness (QED) is 0.916. The Hall–Kier alpha value is -1.46. The molecule has 18 heavy (non-hydrogen) atoms. The summed E-state index contributed by atoms with van der Waals surface area (Å²) in [5.74, 6) is -0.320. The number of rotatable bonds is 3. The van der Waals surface area contributed by atoms with Gasteiger partial charge in [0.15, 0.2) is 0 Å². The third-order valence-electron chi connectivity index (χ3n) is 2.75. The average Bonchev–Trinajstić information content (AvgIpc) is 2.32. The highest BCUT2D eigenvalue weighted by Crippen LogP contribution is 2.28. The molecule has 0 aliphatic heterocycles. The molecule has 0 radical (unpaired) electrons. The van der Waals surface area contributed by atoms with Gasteiger partial charge < -0.3 is 11.5 Å². The molecule has 94 valence electrons. The Bertz CT molecular complexity index is 539. The van der Waals surface area contributed by atoms with E-state index in [1.54, 1.807) is 30.6 Å². The van der Waals surface area contributed by atoms with Gasteiger partial charge in [-0.15, -0.1) is 0 Å². The summed E-state index contributed by atoms with van der Waals surface area (Å²) in [6.45, 7) is 0. The molecule has 1 aromatic heterocycles. The molecular formula is C13H13BrFN3. The molecule has 1 atom stereocenters. The summed E-state index contributed by atoms with van der Waals surface area (Å²) in [4.78, 5) is 4.00. The molecule has 2 rings (SSSR count). The van der Waals surface area contributed by atoms with Crippen molar-refractivity contribution < 1.29 is 4.39 Å². The maximum Gasteiger partial charge on any atom is 0.129 e. The summed E-state index contributed by atoms with van der Waals surface area (Å²) < 4.78 is 14.4. The zero-order chi connectivity index (χ0) is 13.1. The number of hydrogen-bond donors (Lipinski definition) is 2. The molecule has 4 N–H and O–H groups in total.